The van der Waals surface area contributed by atoms with Crippen molar-refractivity contribution >= 4 is 35.0 Å². The minimum Gasteiger partial charge on any atom is -0.480 e. The lowest BCUT2D eigenvalue weighted by molar-refractivity contribution is -0.147. The Morgan fingerprint density at radius 1 is 1.25 bits per heavy atom. The molecule has 0 heterocycles. The number of carbonyl (C=O) groups excluding carboxylic acids is 1. The molecule has 1 unspecified atom stereocenters. The van der Waals surface area contributed by atoms with Crippen molar-refractivity contribution in [3.05, 3.63) is 33.8 Å². The van der Waals surface area contributed by atoms with Crippen LogP contribution in [0.1, 0.15) is 19.4 Å². The summed E-state index contributed by atoms with van der Waals surface area (Å²) >= 11 is 11.8. The van der Waals surface area contributed by atoms with Gasteiger partial charge in [-0.15, -0.1) is 0 Å². The van der Waals surface area contributed by atoms with Crippen molar-refractivity contribution in [2.75, 3.05) is 0 Å². The first kappa shape index (κ1) is 13.0. The van der Waals surface area contributed by atoms with E-state index < -0.39 is 17.2 Å². The number of Topliss-reactive ketones (excluding diaryl/α,β-unsaturated/α-hetero) is 1. The lowest BCUT2D eigenvalue weighted by Crippen LogP contribution is -2.40. The largest absolute Gasteiger partial charge is 0.480 e. The van der Waals surface area contributed by atoms with Crippen LogP contribution in [0.5, 0.6) is 0 Å². The molecule has 0 saturated heterocycles. The van der Waals surface area contributed by atoms with E-state index in [0.717, 1.165) is 0 Å². The van der Waals surface area contributed by atoms with Gasteiger partial charge in [0.2, 0.25) is 0 Å². The molecular formula is C11H10Cl2O3. The van der Waals surface area contributed by atoms with Gasteiger partial charge in [0.05, 0.1) is 0 Å². The number of aliphatic carboxylic acids is 1. The highest BCUT2D eigenvalue weighted by Gasteiger charge is 2.43. The number of carboxylic acid groups (broad SMARTS) is 1. The van der Waals surface area contributed by atoms with E-state index in [9.17, 15) is 9.59 Å². The van der Waals surface area contributed by atoms with Crippen molar-refractivity contribution in [3.63, 3.8) is 0 Å². The molecule has 1 aromatic carbocycles. The van der Waals surface area contributed by atoms with Crippen molar-refractivity contribution in [1.29, 1.82) is 0 Å². The number of rotatable bonds is 3. The Balaban J connectivity index is 3.56. The SMILES string of the molecule is CC(=O)C(C)(C(=O)O)c1c(Cl)cccc1Cl. The highest BCUT2D eigenvalue weighted by atomic mass is 35.5. The van der Waals surface area contributed by atoms with E-state index in [1.807, 2.05) is 0 Å². The Labute approximate surface area is 103 Å². The van der Waals surface area contributed by atoms with Crippen LogP contribution < -0.4 is 0 Å². The van der Waals surface area contributed by atoms with Gasteiger partial charge in [0.25, 0.3) is 0 Å². The summed E-state index contributed by atoms with van der Waals surface area (Å²) < 4.78 is 0. The van der Waals surface area contributed by atoms with Crippen LogP contribution in [-0.4, -0.2) is 16.9 Å². The fourth-order valence-electron chi connectivity index (χ4n) is 1.41. The predicted octanol–water partition coefficient (Wildman–Crippen LogP) is 2.92. The van der Waals surface area contributed by atoms with Crippen molar-refractivity contribution < 1.29 is 14.7 Å². The maximum absolute atomic E-state index is 11.5. The van der Waals surface area contributed by atoms with Crippen LogP contribution in [0.3, 0.4) is 0 Å². The van der Waals surface area contributed by atoms with E-state index in [0.29, 0.717) is 0 Å². The van der Waals surface area contributed by atoms with Gasteiger partial charge in [-0.1, -0.05) is 29.3 Å². The quantitative estimate of drug-likeness (QED) is 0.851. The van der Waals surface area contributed by atoms with Crippen molar-refractivity contribution in [2.45, 2.75) is 19.3 Å². The number of hydrogen-bond acceptors (Lipinski definition) is 2. The summed E-state index contributed by atoms with van der Waals surface area (Å²) in [7, 11) is 0. The third-order valence-electron chi connectivity index (χ3n) is 2.59. The molecule has 0 aliphatic rings. The van der Waals surface area contributed by atoms with E-state index in [4.69, 9.17) is 28.3 Å². The van der Waals surface area contributed by atoms with Gasteiger partial charge in [0.15, 0.2) is 11.2 Å². The van der Waals surface area contributed by atoms with Gasteiger partial charge in [0.1, 0.15) is 0 Å². The molecule has 1 N–H and O–H groups in total. The van der Waals surface area contributed by atoms with E-state index in [2.05, 4.69) is 0 Å². The van der Waals surface area contributed by atoms with Gasteiger partial charge in [-0.2, -0.15) is 0 Å². The summed E-state index contributed by atoms with van der Waals surface area (Å²) in [4.78, 5) is 22.7. The molecule has 1 aromatic rings. The molecule has 0 aliphatic carbocycles. The van der Waals surface area contributed by atoms with Gasteiger partial charge in [-0.25, -0.2) is 0 Å². The Hall–Kier alpha value is -1.06. The minimum atomic E-state index is -1.71. The average Bonchev–Trinajstić information content (AvgIpc) is 2.16. The topological polar surface area (TPSA) is 54.4 Å². The zero-order chi connectivity index (χ0) is 12.5. The molecule has 0 aromatic heterocycles. The average molecular weight is 261 g/mol. The van der Waals surface area contributed by atoms with Gasteiger partial charge >= 0.3 is 5.97 Å². The Kier molecular flexibility index (Phi) is 3.61. The van der Waals surface area contributed by atoms with Crippen LogP contribution >= 0.6 is 23.2 Å². The molecule has 0 amide bonds. The molecule has 3 nitrogen and oxygen atoms in total. The first-order valence-corrected chi connectivity index (χ1v) is 5.26. The number of carbonyl (C=O) groups is 2. The summed E-state index contributed by atoms with van der Waals surface area (Å²) in [5.74, 6) is -1.79. The molecular weight excluding hydrogens is 251 g/mol. The van der Waals surface area contributed by atoms with E-state index in [1.165, 1.54) is 26.0 Å². The molecule has 0 aliphatic heterocycles. The second kappa shape index (κ2) is 4.44. The molecule has 5 heteroatoms. The van der Waals surface area contributed by atoms with Gasteiger partial charge in [-0.3, -0.25) is 9.59 Å². The van der Waals surface area contributed by atoms with E-state index in [-0.39, 0.29) is 15.6 Å². The lowest BCUT2D eigenvalue weighted by atomic mass is 9.79. The Morgan fingerprint density at radius 3 is 2.00 bits per heavy atom. The van der Waals surface area contributed by atoms with Crippen molar-refractivity contribution in [2.24, 2.45) is 0 Å². The first-order valence-electron chi connectivity index (χ1n) is 4.50. The molecule has 16 heavy (non-hydrogen) atoms. The van der Waals surface area contributed by atoms with Crippen LogP contribution in [0.25, 0.3) is 0 Å². The Morgan fingerprint density at radius 2 is 1.69 bits per heavy atom. The second-order valence-corrected chi connectivity index (χ2v) is 4.40. The first-order chi connectivity index (χ1) is 7.31. The summed E-state index contributed by atoms with van der Waals surface area (Å²) in [5, 5.41) is 9.51. The normalized spacial score (nSPS) is 14.2. The van der Waals surface area contributed by atoms with Crippen LogP contribution in [0.4, 0.5) is 0 Å². The Bertz CT molecular complexity index is 420. The molecule has 1 rings (SSSR count). The standard InChI is InChI=1S/C11H10Cl2O3/c1-6(14)11(2,10(15)16)9-7(12)4-3-5-8(9)13/h3-5H,1-2H3,(H,15,16). The van der Waals surface area contributed by atoms with Crippen LogP contribution in [0.15, 0.2) is 18.2 Å². The lowest BCUT2D eigenvalue weighted by Gasteiger charge is -2.24. The molecule has 0 radical (unpaired) electrons. The molecule has 1 atom stereocenters. The minimum absolute atomic E-state index is 0.137. The highest BCUT2D eigenvalue weighted by Crippen LogP contribution is 2.36. The third-order valence-corrected chi connectivity index (χ3v) is 3.22. The monoisotopic (exact) mass is 260 g/mol. The molecule has 0 spiro atoms. The highest BCUT2D eigenvalue weighted by molar-refractivity contribution is 6.37. The van der Waals surface area contributed by atoms with Crippen LogP contribution in [-0.2, 0) is 15.0 Å². The van der Waals surface area contributed by atoms with Crippen molar-refractivity contribution in [1.82, 2.24) is 0 Å². The predicted molar refractivity (Wildman–Crippen MR) is 62.1 cm³/mol. The summed E-state index contributed by atoms with van der Waals surface area (Å²) in [6, 6.07) is 4.61. The van der Waals surface area contributed by atoms with Crippen LogP contribution in [0.2, 0.25) is 10.0 Å². The van der Waals surface area contributed by atoms with E-state index >= 15 is 0 Å². The van der Waals surface area contributed by atoms with Gasteiger partial charge in [-0.05, 0) is 26.0 Å². The third kappa shape index (κ3) is 1.93. The number of hydrogen-bond donors (Lipinski definition) is 1. The number of halogens is 2. The van der Waals surface area contributed by atoms with E-state index in [1.54, 1.807) is 6.07 Å². The number of ketones is 1. The summed E-state index contributed by atoms with van der Waals surface area (Å²) in [5.41, 5.74) is -1.58. The van der Waals surface area contributed by atoms with Crippen molar-refractivity contribution in [3.8, 4) is 0 Å². The van der Waals surface area contributed by atoms with Crippen LogP contribution in [0, 0.1) is 0 Å². The fraction of sp³-hybridized carbons (Fsp3) is 0.273. The van der Waals surface area contributed by atoms with Gasteiger partial charge < -0.3 is 5.11 Å². The van der Waals surface area contributed by atoms with Gasteiger partial charge in [0, 0.05) is 15.6 Å². The maximum Gasteiger partial charge on any atom is 0.321 e. The fourth-order valence-corrected chi connectivity index (χ4v) is 2.18. The second-order valence-electron chi connectivity index (χ2n) is 3.58. The summed E-state index contributed by atoms with van der Waals surface area (Å²) in [6.45, 7) is 2.50. The zero-order valence-electron chi connectivity index (χ0n) is 8.75. The molecule has 0 fully saturated rings. The molecule has 0 saturated carbocycles. The maximum atomic E-state index is 11.5. The summed E-state index contributed by atoms with van der Waals surface area (Å²) in [6.07, 6.45) is 0. The number of carboxylic acids is 1. The zero-order valence-corrected chi connectivity index (χ0v) is 10.3. The molecule has 0 bridgehead atoms. The smallest absolute Gasteiger partial charge is 0.321 e. The number of benzene rings is 1. The molecule has 86 valence electrons.